The molecule has 150 valence electrons. The predicted molar refractivity (Wildman–Crippen MR) is 115 cm³/mol. The van der Waals surface area contributed by atoms with Crippen molar-refractivity contribution in [1.82, 2.24) is 9.97 Å². The van der Waals surface area contributed by atoms with Gasteiger partial charge in [-0.3, -0.25) is 4.79 Å². The van der Waals surface area contributed by atoms with Crippen LogP contribution in [0.4, 0.5) is 0 Å². The quantitative estimate of drug-likeness (QED) is 0.545. The first-order valence-corrected chi connectivity index (χ1v) is 11.2. The Morgan fingerprint density at radius 3 is 2.54 bits per heavy atom. The van der Waals surface area contributed by atoms with Gasteiger partial charge in [0.25, 0.3) is 0 Å². The van der Waals surface area contributed by atoms with Crippen molar-refractivity contribution in [2.75, 3.05) is 11.5 Å². The molecule has 1 aliphatic rings. The fourth-order valence-corrected chi connectivity index (χ4v) is 5.03. The van der Waals surface area contributed by atoms with E-state index in [0.717, 1.165) is 47.7 Å². The third-order valence-corrected chi connectivity index (χ3v) is 6.86. The van der Waals surface area contributed by atoms with Gasteiger partial charge >= 0.3 is 5.97 Å². The Morgan fingerprint density at radius 1 is 1.25 bits per heavy atom. The lowest BCUT2D eigenvalue weighted by molar-refractivity contribution is -0.138. The van der Waals surface area contributed by atoms with Gasteiger partial charge in [0.1, 0.15) is 11.9 Å². The lowest BCUT2D eigenvalue weighted by Gasteiger charge is -2.40. The summed E-state index contributed by atoms with van der Waals surface area (Å²) >= 11 is 14.0. The van der Waals surface area contributed by atoms with Gasteiger partial charge in [-0.2, -0.15) is 11.8 Å². The number of halogens is 2. The van der Waals surface area contributed by atoms with Crippen molar-refractivity contribution >= 4 is 40.9 Å². The Hall–Kier alpha value is -1.34. The summed E-state index contributed by atoms with van der Waals surface area (Å²) < 4.78 is 0. The van der Waals surface area contributed by atoms with Gasteiger partial charge in [0, 0.05) is 39.0 Å². The number of hydrogen-bond donors (Lipinski definition) is 2. The highest BCUT2D eigenvalue weighted by Gasteiger charge is 2.40. The Morgan fingerprint density at radius 2 is 1.96 bits per heavy atom. The van der Waals surface area contributed by atoms with Gasteiger partial charge in [0.15, 0.2) is 0 Å². The number of benzene rings is 1. The van der Waals surface area contributed by atoms with Crippen molar-refractivity contribution in [3.05, 3.63) is 46.5 Å². The van der Waals surface area contributed by atoms with Crippen LogP contribution in [0, 0.1) is 0 Å². The molecule has 3 N–H and O–H groups in total. The Bertz CT molecular complexity index is 829. The van der Waals surface area contributed by atoms with Crippen molar-refractivity contribution in [1.29, 1.82) is 0 Å². The second-order valence-electron chi connectivity index (χ2n) is 7.15. The molecular formula is C20H23Cl2N3O2S. The van der Waals surface area contributed by atoms with Crippen LogP contribution in [0.25, 0.3) is 11.1 Å². The zero-order valence-corrected chi connectivity index (χ0v) is 17.7. The highest BCUT2D eigenvalue weighted by atomic mass is 35.5. The summed E-state index contributed by atoms with van der Waals surface area (Å²) in [6, 6.07) is 4.62. The molecule has 5 nitrogen and oxygen atoms in total. The van der Waals surface area contributed by atoms with Crippen LogP contribution in [0.15, 0.2) is 30.6 Å². The molecule has 1 saturated carbocycles. The number of aromatic nitrogens is 2. The Kier molecular flexibility index (Phi) is 7.20. The topological polar surface area (TPSA) is 89.1 Å². The van der Waals surface area contributed by atoms with E-state index in [4.69, 9.17) is 34.0 Å². The molecule has 0 spiro atoms. The minimum Gasteiger partial charge on any atom is -0.480 e. The van der Waals surface area contributed by atoms with Crippen LogP contribution in [0.3, 0.4) is 0 Å². The van der Waals surface area contributed by atoms with Gasteiger partial charge in [-0.25, -0.2) is 9.97 Å². The van der Waals surface area contributed by atoms with Crippen LogP contribution < -0.4 is 5.73 Å². The molecule has 1 aromatic carbocycles. The van der Waals surface area contributed by atoms with Crippen LogP contribution in [0.5, 0.6) is 0 Å². The van der Waals surface area contributed by atoms with Gasteiger partial charge in [0.05, 0.1) is 0 Å². The van der Waals surface area contributed by atoms with Crippen molar-refractivity contribution in [3.8, 4) is 11.1 Å². The number of thioether (sulfide) groups is 1. The highest BCUT2D eigenvalue weighted by molar-refractivity contribution is 7.99. The number of aliphatic carboxylic acids is 1. The number of carbonyl (C=O) groups is 1. The van der Waals surface area contributed by atoms with E-state index >= 15 is 0 Å². The molecule has 1 heterocycles. The predicted octanol–water partition coefficient (Wildman–Crippen LogP) is 4.80. The molecule has 28 heavy (non-hydrogen) atoms. The minimum atomic E-state index is -0.939. The van der Waals surface area contributed by atoms with Crippen LogP contribution in [0.2, 0.25) is 10.0 Å². The van der Waals surface area contributed by atoms with Crippen molar-refractivity contribution < 1.29 is 9.90 Å². The number of carboxylic acid groups (broad SMARTS) is 1. The lowest BCUT2D eigenvalue weighted by Crippen LogP contribution is -2.36. The second-order valence-corrected chi connectivity index (χ2v) is 9.22. The first-order valence-electron chi connectivity index (χ1n) is 9.25. The third-order valence-electron chi connectivity index (χ3n) is 5.29. The van der Waals surface area contributed by atoms with E-state index in [9.17, 15) is 4.79 Å². The molecule has 3 rings (SSSR count). The summed E-state index contributed by atoms with van der Waals surface area (Å²) in [4.78, 5) is 20.1. The van der Waals surface area contributed by atoms with Gasteiger partial charge in [-0.15, -0.1) is 0 Å². The average molecular weight is 440 g/mol. The molecule has 8 heteroatoms. The fourth-order valence-electron chi connectivity index (χ4n) is 3.36. The molecule has 2 aromatic rings. The zero-order chi connectivity index (χ0) is 20.1. The summed E-state index contributed by atoms with van der Waals surface area (Å²) in [5.41, 5.74) is 7.31. The monoisotopic (exact) mass is 439 g/mol. The average Bonchev–Trinajstić information content (AvgIpc) is 2.63. The molecule has 1 fully saturated rings. The van der Waals surface area contributed by atoms with E-state index in [1.54, 1.807) is 23.9 Å². The zero-order valence-electron chi connectivity index (χ0n) is 15.4. The van der Waals surface area contributed by atoms with E-state index in [-0.39, 0.29) is 5.41 Å². The number of nitrogens with two attached hydrogens (primary N) is 1. The van der Waals surface area contributed by atoms with Crippen LogP contribution in [-0.4, -0.2) is 38.6 Å². The molecular weight excluding hydrogens is 417 g/mol. The van der Waals surface area contributed by atoms with Crippen molar-refractivity contribution in [3.63, 3.8) is 0 Å². The Balaban J connectivity index is 1.60. The molecule has 1 unspecified atom stereocenters. The number of rotatable bonds is 9. The minimum absolute atomic E-state index is 0.0320. The third kappa shape index (κ3) is 4.98. The summed E-state index contributed by atoms with van der Waals surface area (Å²) in [6.07, 6.45) is 8.49. The Labute approximate surface area is 179 Å². The van der Waals surface area contributed by atoms with Gasteiger partial charge in [0.2, 0.25) is 0 Å². The molecule has 0 bridgehead atoms. The van der Waals surface area contributed by atoms with Crippen molar-refractivity contribution in [2.45, 2.75) is 43.6 Å². The smallest absolute Gasteiger partial charge is 0.320 e. The highest BCUT2D eigenvalue weighted by Crippen LogP contribution is 2.45. The summed E-state index contributed by atoms with van der Waals surface area (Å²) in [7, 11) is 0. The normalized spacial score (nSPS) is 16.4. The molecule has 1 atom stereocenters. The van der Waals surface area contributed by atoms with Crippen LogP contribution in [0.1, 0.15) is 37.9 Å². The van der Waals surface area contributed by atoms with Crippen LogP contribution in [-0.2, 0) is 10.2 Å². The van der Waals surface area contributed by atoms with Crippen molar-refractivity contribution in [2.24, 2.45) is 5.73 Å². The molecule has 1 aliphatic carbocycles. The number of hydrogen-bond acceptors (Lipinski definition) is 5. The van der Waals surface area contributed by atoms with Crippen LogP contribution >= 0.6 is 35.0 Å². The second kappa shape index (κ2) is 9.44. The summed E-state index contributed by atoms with van der Waals surface area (Å²) in [5, 5.41) is 10.0. The SMILES string of the molecule is NC(CCSCCC1(c2ncc(-c3ccc(Cl)cc3Cl)cn2)CCC1)C(=O)O. The maximum absolute atomic E-state index is 10.8. The van der Waals surface area contributed by atoms with E-state index in [0.29, 0.717) is 16.5 Å². The maximum atomic E-state index is 10.8. The van der Waals surface area contributed by atoms with Gasteiger partial charge in [-0.05, 0) is 49.3 Å². The van der Waals surface area contributed by atoms with Gasteiger partial charge in [-0.1, -0.05) is 35.7 Å². The first-order chi connectivity index (χ1) is 13.4. The van der Waals surface area contributed by atoms with E-state index in [1.807, 2.05) is 18.5 Å². The molecule has 0 radical (unpaired) electrons. The fraction of sp³-hybridized carbons (Fsp3) is 0.450. The molecule has 0 aliphatic heterocycles. The van der Waals surface area contributed by atoms with E-state index in [1.165, 1.54) is 6.42 Å². The maximum Gasteiger partial charge on any atom is 0.320 e. The first kappa shape index (κ1) is 21.4. The number of carboxylic acids is 1. The van der Waals surface area contributed by atoms with E-state index in [2.05, 4.69) is 9.97 Å². The standard InChI is InChI=1S/C20H23Cl2N3O2S/c21-14-2-3-15(16(22)10-14)13-11-24-19(25-12-13)20(5-1-6-20)7-9-28-8-4-17(23)18(26)27/h2-3,10-12,17H,1,4-9,23H2,(H,26,27). The summed E-state index contributed by atoms with van der Waals surface area (Å²) in [6.45, 7) is 0. The molecule has 1 aromatic heterocycles. The number of nitrogens with zero attached hydrogens (tertiary/aromatic N) is 2. The largest absolute Gasteiger partial charge is 0.480 e. The summed E-state index contributed by atoms with van der Waals surface area (Å²) in [5.74, 6) is 1.64. The lowest BCUT2D eigenvalue weighted by atomic mass is 9.66. The van der Waals surface area contributed by atoms with E-state index < -0.39 is 12.0 Å². The molecule has 0 amide bonds. The van der Waals surface area contributed by atoms with Gasteiger partial charge < -0.3 is 10.8 Å². The molecule has 0 saturated heterocycles.